The molecule has 19 heavy (non-hydrogen) atoms. The highest BCUT2D eigenvalue weighted by Gasteiger charge is 2.31. The molecular weight excluding hydrogens is 244 g/mol. The zero-order chi connectivity index (χ0) is 13.4. The van der Waals surface area contributed by atoms with Crippen molar-refractivity contribution >= 4 is 5.97 Å². The maximum absolute atomic E-state index is 11.2. The molecule has 3 rings (SSSR count). The normalized spacial score (nSPS) is 14.4. The van der Waals surface area contributed by atoms with Crippen molar-refractivity contribution in [2.75, 3.05) is 7.11 Å². The summed E-state index contributed by atoms with van der Waals surface area (Å²) in [4.78, 5) is 18.6. The van der Waals surface area contributed by atoms with Gasteiger partial charge in [0.25, 0.3) is 0 Å². The zero-order valence-corrected chi connectivity index (χ0v) is 10.5. The van der Waals surface area contributed by atoms with E-state index >= 15 is 0 Å². The smallest absolute Gasteiger partial charge is 0.356 e. The van der Waals surface area contributed by atoms with Crippen LogP contribution in [0.15, 0.2) is 24.3 Å². The zero-order valence-electron chi connectivity index (χ0n) is 10.5. The standard InChI is InChI=1S/C14H14N2O3/c1-19-10-4-2-3-9(7-10)13-15-11(8-5-6-8)12(16-13)14(17)18/h2-4,7-8H,5-6H2,1H3,(H,15,16)(H,17,18). The Hall–Kier alpha value is -2.30. The second-order valence-corrected chi connectivity index (χ2v) is 4.66. The lowest BCUT2D eigenvalue weighted by molar-refractivity contribution is 0.0690. The Bertz CT molecular complexity index is 629. The third-order valence-corrected chi connectivity index (χ3v) is 3.26. The first-order chi connectivity index (χ1) is 9.19. The SMILES string of the molecule is COc1cccc(-c2nc(C(=O)O)c(C3CC3)[nH]2)c1. The molecule has 1 aliphatic rings. The number of imidazole rings is 1. The van der Waals surface area contributed by atoms with Gasteiger partial charge in [-0.1, -0.05) is 12.1 Å². The van der Waals surface area contributed by atoms with Crippen LogP contribution in [-0.4, -0.2) is 28.2 Å². The Morgan fingerprint density at radius 2 is 2.26 bits per heavy atom. The molecule has 1 fully saturated rings. The van der Waals surface area contributed by atoms with E-state index in [0.29, 0.717) is 11.7 Å². The average Bonchev–Trinajstić information content (AvgIpc) is 3.17. The fraction of sp³-hybridized carbons (Fsp3) is 0.286. The van der Waals surface area contributed by atoms with Crippen LogP contribution in [0.5, 0.6) is 5.75 Å². The number of H-pyrrole nitrogens is 1. The topological polar surface area (TPSA) is 75.2 Å². The number of methoxy groups -OCH3 is 1. The van der Waals surface area contributed by atoms with E-state index in [9.17, 15) is 9.90 Å². The van der Waals surface area contributed by atoms with Gasteiger partial charge in [0.15, 0.2) is 5.69 Å². The molecular formula is C14H14N2O3. The second-order valence-electron chi connectivity index (χ2n) is 4.66. The second kappa shape index (κ2) is 4.42. The van der Waals surface area contributed by atoms with E-state index in [2.05, 4.69) is 9.97 Å². The Morgan fingerprint density at radius 3 is 2.89 bits per heavy atom. The van der Waals surface area contributed by atoms with Gasteiger partial charge < -0.3 is 14.8 Å². The average molecular weight is 258 g/mol. The van der Waals surface area contributed by atoms with E-state index < -0.39 is 5.97 Å². The van der Waals surface area contributed by atoms with Crippen LogP contribution in [0.25, 0.3) is 11.4 Å². The number of nitrogens with one attached hydrogen (secondary N) is 1. The summed E-state index contributed by atoms with van der Waals surface area (Å²) in [6, 6.07) is 7.41. The monoisotopic (exact) mass is 258 g/mol. The lowest BCUT2D eigenvalue weighted by Crippen LogP contribution is -2.00. The summed E-state index contributed by atoms with van der Waals surface area (Å²) < 4.78 is 5.16. The van der Waals surface area contributed by atoms with Crippen LogP contribution in [0.4, 0.5) is 0 Å². The van der Waals surface area contributed by atoms with E-state index in [0.717, 1.165) is 29.8 Å². The van der Waals surface area contributed by atoms with E-state index in [1.54, 1.807) is 7.11 Å². The summed E-state index contributed by atoms with van der Waals surface area (Å²) in [7, 11) is 1.60. The number of nitrogens with zero attached hydrogens (tertiary/aromatic N) is 1. The van der Waals surface area contributed by atoms with Crippen LogP contribution < -0.4 is 4.74 Å². The quantitative estimate of drug-likeness (QED) is 0.884. The van der Waals surface area contributed by atoms with Crippen molar-refractivity contribution in [3.63, 3.8) is 0 Å². The molecule has 0 spiro atoms. The predicted octanol–water partition coefficient (Wildman–Crippen LogP) is 2.66. The molecule has 0 amide bonds. The van der Waals surface area contributed by atoms with Gasteiger partial charge in [-0.05, 0) is 25.0 Å². The maximum Gasteiger partial charge on any atom is 0.356 e. The number of aromatic carboxylic acids is 1. The van der Waals surface area contributed by atoms with Crippen LogP contribution in [0, 0.1) is 0 Å². The van der Waals surface area contributed by atoms with E-state index in [4.69, 9.17) is 4.74 Å². The van der Waals surface area contributed by atoms with Crippen LogP contribution in [0.1, 0.15) is 34.9 Å². The third-order valence-electron chi connectivity index (χ3n) is 3.26. The van der Waals surface area contributed by atoms with Gasteiger partial charge in [-0.25, -0.2) is 9.78 Å². The van der Waals surface area contributed by atoms with Gasteiger partial charge in [-0.3, -0.25) is 0 Å². The summed E-state index contributed by atoms with van der Waals surface area (Å²) in [6.45, 7) is 0. The fourth-order valence-electron chi connectivity index (χ4n) is 2.12. The Balaban J connectivity index is 2.04. The van der Waals surface area contributed by atoms with Crippen LogP contribution in [-0.2, 0) is 0 Å². The third kappa shape index (κ3) is 2.19. The summed E-state index contributed by atoms with van der Waals surface area (Å²) in [5, 5.41) is 9.20. The number of aromatic amines is 1. The van der Waals surface area contributed by atoms with Crippen molar-refractivity contribution < 1.29 is 14.6 Å². The minimum absolute atomic E-state index is 0.139. The molecule has 0 bridgehead atoms. The number of benzene rings is 1. The van der Waals surface area contributed by atoms with Crippen LogP contribution >= 0.6 is 0 Å². The number of hydrogen-bond donors (Lipinski definition) is 2. The first kappa shape index (κ1) is 11.8. The van der Waals surface area contributed by atoms with E-state index in [1.165, 1.54) is 0 Å². The number of aromatic nitrogens is 2. The highest BCUT2D eigenvalue weighted by Crippen LogP contribution is 2.41. The number of carboxylic acids is 1. The molecule has 0 aliphatic heterocycles. The van der Waals surface area contributed by atoms with Crippen molar-refractivity contribution in [2.24, 2.45) is 0 Å². The summed E-state index contributed by atoms with van der Waals surface area (Å²) in [5.41, 5.74) is 1.71. The molecule has 98 valence electrons. The highest BCUT2D eigenvalue weighted by atomic mass is 16.5. The van der Waals surface area contributed by atoms with E-state index in [1.807, 2.05) is 24.3 Å². The molecule has 2 N–H and O–H groups in total. The molecule has 1 heterocycles. The Morgan fingerprint density at radius 1 is 1.47 bits per heavy atom. The molecule has 0 unspecified atom stereocenters. The molecule has 1 aromatic carbocycles. The summed E-state index contributed by atoms with van der Waals surface area (Å²) in [5.74, 6) is 0.641. The Kier molecular flexibility index (Phi) is 2.74. The minimum atomic E-state index is -0.979. The Labute approximate surface area is 110 Å². The fourth-order valence-corrected chi connectivity index (χ4v) is 2.12. The van der Waals surface area contributed by atoms with Gasteiger partial charge in [0.05, 0.1) is 12.8 Å². The lowest BCUT2D eigenvalue weighted by Gasteiger charge is -2.01. The van der Waals surface area contributed by atoms with E-state index in [-0.39, 0.29) is 5.69 Å². The molecule has 1 aliphatic carbocycles. The number of carbonyl (C=O) groups is 1. The maximum atomic E-state index is 11.2. The van der Waals surface area contributed by atoms with Gasteiger partial charge in [0.1, 0.15) is 11.6 Å². The molecule has 1 saturated carbocycles. The summed E-state index contributed by atoms with van der Waals surface area (Å²) in [6.07, 6.45) is 2.06. The van der Waals surface area contributed by atoms with Gasteiger partial charge in [0, 0.05) is 11.5 Å². The first-order valence-electron chi connectivity index (χ1n) is 6.16. The van der Waals surface area contributed by atoms with Crippen LogP contribution in [0.2, 0.25) is 0 Å². The van der Waals surface area contributed by atoms with Crippen molar-refractivity contribution in [2.45, 2.75) is 18.8 Å². The number of carboxylic acid groups (broad SMARTS) is 1. The minimum Gasteiger partial charge on any atom is -0.497 e. The van der Waals surface area contributed by atoms with Crippen molar-refractivity contribution in [3.8, 4) is 17.1 Å². The van der Waals surface area contributed by atoms with Crippen molar-refractivity contribution in [3.05, 3.63) is 35.7 Å². The first-order valence-corrected chi connectivity index (χ1v) is 6.16. The largest absolute Gasteiger partial charge is 0.497 e. The molecule has 5 nitrogen and oxygen atoms in total. The number of rotatable bonds is 4. The molecule has 1 aromatic heterocycles. The lowest BCUT2D eigenvalue weighted by atomic mass is 10.2. The van der Waals surface area contributed by atoms with Crippen LogP contribution in [0.3, 0.4) is 0 Å². The van der Waals surface area contributed by atoms with Gasteiger partial charge in [0.2, 0.25) is 0 Å². The molecule has 0 saturated heterocycles. The van der Waals surface area contributed by atoms with Crippen molar-refractivity contribution in [1.29, 1.82) is 0 Å². The number of hydrogen-bond acceptors (Lipinski definition) is 3. The van der Waals surface area contributed by atoms with Gasteiger partial charge in [-0.15, -0.1) is 0 Å². The predicted molar refractivity (Wildman–Crippen MR) is 69.5 cm³/mol. The molecule has 2 aromatic rings. The number of ether oxygens (including phenoxy) is 1. The van der Waals surface area contributed by atoms with Gasteiger partial charge in [-0.2, -0.15) is 0 Å². The van der Waals surface area contributed by atoms with Crippen molar-refractivity contribution in [1.82, 2.24) is 9.97 Å². The van der Waals surface area contributed by atoms with Gasteiger partial charge >= 0.3 is 5.97 Å². The highest BCUT2D eigenvalue weighted by molar-refractivity contribution is 5.88. The molecule has 0 atom stereocenters. The molecule has 0 radical (unpaired) electrons. The molecule has 5 heteroatoms. The summed E-state index contributed by atoms with van der Waals surface area (Å²) >= 11 is 0.